The van der Waals surface area contributed by atoms with Gasteiger partial charge in [0.05, 0.1) is 11.1 Å². The van der Waals surface area contributed by atoms with E-state index in [1.165, 1.54) is 30.5 Å². The number of nitrogens with one attached hydrogen (secondary N) is 2. The topological polar surface area (TPSA) is 121 Å². The standard InChI is InChI=1S/C22H24FN4O4P/c1-4-18(28)14-6-7-16(23)20(21(14)31-12-32(2,3)30)15-9-17(15)26-22(29)27-19-8-5-13(10-24)11-25-19/h5-8,11,15,17H,4,9,12H2,1-3H3,(H2,25,26,27,29)/t15-,17+/m1/s1. The van der Waals surface area contributed by atoms with Crippen LogP contribution in [-0.2, 0) is 4.57 Å². The molecule has 168 valence electrons. The van der Waals surface area contributed by atoms with E-state index < -0.39 is 19.0 Å². The molecule has 0 spiro atoms. The van der Waals surface area contributed by atoms with Crippen LogP contribution in [0.1, 0.15) is 47.2 Å². The molecule has 1 aliphatic carbocycles. The molecule has 0 radical (unpaired) electrons. The molecule has 32 heavy (non-hydrogen) atoms. The Morgan fingerprint density at radius 2 is 2.06 bits per heavy atom. The predicted molar refractivity (Wildman–Crippen MR) is 118 cm³/mol. The van der Waals surface area contributed by atoms with Crippen LogP contribution in [0, 0.1) is 17.1 Å². The zero-order valence-electron chi connectivity index (χ0n) is 18.0. The number of benzene rings is 1. The molecule has 2 amide bonds. The summed E-state index contributed by atoms with van der Waals surface area (Å²) in [6.45, 7) is 4.80. The highest BCUT2D eigenvalue weighted by Gasteiger charge is 2.44. The van der Waals surface area contributed by atoms with Gasteiger partial charge in [0.15, 0.2) is 5.78 Å². The number of carbonyl (C=O) groups excluding carboxylic acids is 2. The number of ketones is 1. The Balaban J connectivity index is 1.77. The molecule has 1 fully saturated rings. The Morgan fingerprint density at radius 1 is 1.31 bits per heavy atom. The summed E-state index contributed by atoms with van der Waals surface area (Å²) in [5.41, 5.74) is 0.820. The molecule has 2 N–H and O–H groups in total. The van der Waals surface area contributed by atoms with Crippen LogP contribution in [-0.4, -0.2) is 42.5 Å². The lowest BCUT2D eigenvalue weighted by molar-refractivity contribution is 0.0984. The lowest BCUT2D eigenvalue weighted by Gasteiger charge is -2.18. The zero-order valence-corrected chi connectivity index (χ0v) is 18.9. The number of anilines is 1. The Kier molecular flexibility index (Phi) is 6.95. The first kappa shape index (κ1) is 23.4. The molecular formula is C22H24FN4O4P. The molecule has 1 saturated carbocycles. The van der Waals surface area contributed by atoms with Crippen molar-refractivity contribution >= 4 is 24.8 Å². The number of halogens is 1. The van der Waals surface area contributed by atoms with Gasteiger partial charge in [-0.1, -0.05) is 6.92 Å². The highest BCUT2D eigenvalue weighted by atomic mass is 31.2. The fourth-order valence-corrected chi connectivity index (χ4v) is 3.67. The number of nitrogens with zero attached hydrogens (tertiary/aromatic N) is 2. The molecule has 10 heteroatoms. The van der Waals surface area contributed by atoms with Gasteiger partial charge in [0.2, 0.25) is 0 Å². The molecule has 2 aromatic rings. The summed E-state index contributed by atoms with van der Waals surface area (Å²) in [7, 11) is -2.58. The second-order valence-corrected chi connectivity index (χ2v) is 11.5. The van der Waals surface area contributed by atoms with Gasteiger partial charge in [-0.15, -0.1) is 0 Å². The van der Waals surface area contributed by atoms with Gasteiger partial charge in [-0.2, -0.15) is 5.26 Å². The Bertz CT molecular complexity index is 1120. The molecule has 1 aromatic carbocycles. The number of ether oxygens (including phenoxy) is 1. The van der Waals surface area contributed by atoms with Gasteiger partial charge >= 0.3 is 6.03 Å². The van der Waals surface area contributed by atoms with Gasteiger partial charge in [0.1, 0.15) is 36.9 Å². The quantitative estimate of drug-likeness (QED) is 0.449. The average molecular weight is 458 g/mol. The average Bonchev–Trinajstić information content (AvgIpc) is 3.49. The number of hydrogen-bond donors (Lipinski definition) is 2. The Labute approximate surface area is 185 Å². The van der Waals surface area contributed by atoms with Crippen LogP contribution in [0.2, 0.25) is 0 Å². The van der Waals surface area contributed by atoms with Crippen LogP contribution in [0.4, 0.5) is 15.0 Å². The minimum Gasteiger partial charge on any atom is -0.485 e. The molecule has 8 nitrogen and oxygen atoms in total. The number of nitriles is 1. The van der Waals surface area contributed by atoms with Crippen molar-refractivity contribution in [3.8, 4) is 11.8 Å². The fourth-order valence-electron chi connectivity index (χ4n) is 3.23. The van der Waals surface area contributed by atoms with Crippen molar-refractivity contribution in [1.29, 1.82) is 5.26 Å². The molecule has 0 aliphatic heterocycles. The van der Waals surface area contributed by atoms with E-state index in [1.807, 2.05) is 6.07 Å². The molecule has 1 heterocycles. The van der Waals surface area contributed by atoms with E-state index in [0.29, 0.717) is 12.0 Å². The number of Topliss-reactive ketones (excluding diaryl/α,β-unsaturated/α-hetero) is 1. The first-order valence-corrected chi connectivity index (χ1v) is 12.9. The molecule has 0 saturated heterocycles. The lowest BCUT2D eigenvalue weighted by atomic mass is 10.00. The highest BCUT2D eigenvalue weighted by molar-refractivity contribution is 7.62. The van der Waals surface area contributed by atoms with Crippen molar-refractivity contribution in [1.82, 2.24) is 10.3 Å². The molecule has 1 aromatic heterocycles. The van der Waals surface area contributed by atoms with Crippen LogP contribution in [0.3, 0.4) is 0 Å². The van der Waals surface area contributed by atoms with Crippen LogP contribution < -0.4 is 15.4 Å². The number of urea groups is 1. The molecule has 2 atom stereocenters. The molecule has 0 bridgehead atoms. The summed E-state index contributed by atoms with van der Waals surface area (Å²) in [5.74, 6) is -0.769. The Morgan fingerprint density at radius 3 is 2.66 bits per heavy atom. The summed E-state index contributed by atoms with van der Waals surface area (Å²) in [6, 6.07) is 6.68. The van der Waals surface area contributed by atoms with Gasteiger partial charge < -0.3 is 14.6 Å². The molecule has 3 rings (SSSR count). The van der Waals surface area contributed by atoms with Crippen molar-refractivity contribution in [3.63, 3.8) is 0 Å². The third-order valence-electron chi connectivity index (χ3n) is 4.90. The summed E-state index contributed by atoms with van der Waals surface area (Å²) >= 11 is 0. The molecule has 1 aliphatic rings. The van der Waals surface area contributed by atoms with E-state index >= 15 is 0 Å². The normalized spacial score (nSPS) is 17.2. The maximum Gasteiger partial charge on any atom is 0.320 e. The van der Waals surface area contributed by atoms with Crippen molar-refractivity contribution in [2.24, 2.45) is 0 Å². The van der Waals surface area contributed by atoms with Crippen LogP contribution in [0.15, 0.2) is 30.5 Å². The minimum atomic E-state index is -2.58. The molecular weight excluding hydrogens is 434 g/mol. The number of carbonyl (C=O) groups is 2. The number of hydrogen-bond acceptors (Lipinski definition) is 6. The first-order chi connectivity index (χ1) is 15.1. The van der Waals surface area contributed by atoms with Gasteiger partial charge in [-0.25, -0.2) is 14.2 Å². The second kappa shape index (κ2) is 9.49. The Hall–Kier alpha value is -3.24. The SMILES string of the molecule is CCC(=O)c1ccc(F)c([C@@H]2C[C@@H]2NC(=O)Nc2ccc(C#N)cn2)c1OCP(C)(C)=O. The fraction of sp³-hybridized carbons (Fsp3) is 0.364. The first-order valence-electron chi connectivity index (χ1n) is 10.1. The third kappa shape index (κ3) is 5.71. The predicted octanol–water partition coefficient (Wildman–Crippen LogP) is 4.32. The van der Waals surface area contributed by atoms with Crippen LogP contribution in [0.25, 0.3) is 0 Å². The van der Waals surface area contributed by atoms with Crippen molar-refractivity contribution < 1.29 is 23.3 Å². The highest BCUT2D eigenvalue weighted by Crippen LogP contribution is 2.48. The maximum absolute atomic E-state index is 14.8. The van der Waals surface area contributed by atoms with Gasteiger partial charge in [-0.3, -0.25) is 10.1 Å². The van der Waals surface area contributed by atoms with Crippen LogP contribution in [0.5, 0.6) is 5.75 Å². The maximum atomic E-state index is 14.8. The van der Waals surface area contributed by atoms with Crippen molar-refractivity contribution in [2.45, 2.75) is 31.7 Å². The molecule has 0 unspecified atom stereocenters. The van der Waals surface area contributed by atoms with E-state index in [1.54, 1.807) is 20.3 Å². The van der Waals surface area contributed by atoms with E-state index in [9.17, 15) is 18.5 Å². The van der Waals surface area contributed by atoms with Crippen molar-refractivity contribution in [3.05, 3.63) is 53.0 Å². The summed E-state index contributed by atoms with van der Waals surface area (Å²) in [5, 5.41) is 14.1. The number of amides is 2. The monoisotopic (exact) mass is 458 g/mol. The third-order valence-corrected chi connectivity index (χ3v) is 5.65. The van der Waals surface area contributed by atoms with E-state index in [-0.39, 0.29) is 53.2 Å². The van der Waals surface area contributed by atoms with Gasteiger partial charge in [0.25, 0.3) is 0 Å². The smallest absolute Gasteiger partial charge is 0.320 e. The largest absolute Gasteiger partial charge is 0.485 e. The summed E-state index contributed by atoms with van der Waals surface area (Å²) in [4.78, 5) is 28.7. The number of aromatic nitrogens is 1. The number of rotatable bonds is 8. The second-order valence-electron chi connectivity index (χ2n) is 8.05. The van der Waals surface area contributed by atoms with Gasteiger partial charge in [-0.05, 0) is 44.0 Å². The van der Waals surface area contributed by atoms with Crippen molar-refractivity contribution in [2.75, 3.05) is 25.0 Å². The van der Waals surface area contributed by atoms with E-state index in [0.717, 1.165) is 0 Å². The van der Waals surface area contributed by atoms with Crippen LogP contribution >= 0.6 is 7.14 Å². The summed E-state index contributed by atoms with van der Waals surface area (Å²) < 4.78 is 32.7. The van der Waals surface area contributed by atoms with E-state index in [2.05, 4.69) is 15.6 Å². The van der Waals surface area contributed by atoms with E-state index in [4.69, 9.17) is 10.00 Å². The minimum absolute atomic E-state index is 0.101. The number of pyridine rings is 1. The van der Waals surface area contributed by atoms with Gasteiger partial charge in [0, 0.05) is 30.1 Å². The summed E-state index contributed by atoms with van der Waals surface area (Å²) in [6.07, 6.45) is 1.89. The lowest BCUT2D eigenvalue weighted by Crippen LogP contribution is -2.31. The zero-order chi connectivity index (χ0) is 23.5.